The quantitative estimate of drug-likeness (QED) is 0.446. The van der Waals surface area contributed by atoms with Crippen molar-refractivity contribution in [2.24, 2.45) is 11.5 Å². The molecule has 0 aromatic heterocycles. The molecule has 5 nitrogen and oxygen atoms in total. The van der Waals surface area contributed by atoms with Gasteiger partial charge in [0.25, 0.3) is 0 Å². The van der Waals surface area contributed by atoms with Gasteiger partial charge in [-0.1, -0.05) is 0 Å². The largest absolute Gasteiger partial charge is 0.436 e. The van der Waals surface area contributed by atoms with Crippen LogP contribution in [0.3, 0.4) is 0 Å². The lowest BCUT2D eigenvalue weighted by Gasteiger charge is -2.38. The fourth-order valence-electron chi connectivity index (χ4n) is 2.29. The lowest BCUT2D eigenvalue weighted by molar-refractivity contribution is 0.228. The van der Waals surface area contributed by atoms with Crippen LogP contribution in [0.25, 0.3) is 0 Å². The first kappa shape index (κ1) is 20.5. The summed E-state index contributed by atoms with van der Waals surface area (Å²) in [6.45, 7) is 14.9. The minimum atomic E-state index is -2.16. The molecule has 20 heavy (non-hydrogen) atoms. The van der Waals surface area contributed by atoms with Crippen LogP contribution in [0.1, 0.15) is 12.8 Å². The molecule has 0 aliphatic heterocycles. The Balaban J connectivity index is 4.40. The summed E-state index contributed by atoms with van der Waals surface area (Å²) in [7, 11) is -5.98. The van der Waals surface area contributed by atoms with Gasteiger partial charge >= 0.3 is 17.1 Å². The van der Waals surface area contributed by atoms with Gasteiger partial charge in [0.1, 0.15) is 0 Å². The van der Waals surface area contributed by atoms with Crippen molar-refractivity contribution in [2.45, 2.75) is 58.2 Å². The second-order valence-corrected chi connectivity index (χ2v) is 18.2. The summed E-state index contributed by atoms with van der Waals surface area (Å²) in [5, 5.41) is 0. The predicted molar refractivity (Wildman–Crippen MR) is 92.7 cm³/mol. The van der Waals surface area contributed by atoms with E-state index >= 15 is 0 Å². The van der Waals surface area contributed by atoms with Crippen LogP contribution < -0.4 is 11.5 Å². The molecule has 0 aromatic rings. The molecule has 0 aromatic carbocycles. The fraction of sp³-hybridized carbons (Fsp3) is 1.00. The third-order valence-corrected chi connectivity index (χ3v) is 13.4. The molecule has 0 amide bonds. The molecular formula is C12H34N2O3Si3. The Morgan fingerprint density at radius 1 is 0.750 bits per heavy atom. The van der Waals surface area contributed by atoms with Gasteiger partial charge in [-0.25, -0.2) is 0 Å². The first-order valence-electron chi connectivity index (χ1n) is 7.48. The fourth-order valence-corrected chi connectivity index (χ4v) is 15.2. The van der Waals surface area contributed by atoms with Gasteiger partial charge in [0, 0.05) is 6.61 Å². The van der Waals surface area contributed by atoms with Crippen molar-refractivity contribution in [3.8, 4) is 0 Å². The summed E-state index contributed by atoms with van der Waals surface area (Å²) in [4.78, 5) is 0. The van der Waals surface area contributed by atoms with E-state index in [0.717, 1.165) is 25.4 Å². The molecule has 0 radical (unpaired) electrons. The van der Waals surface area contributed by atoms with Crippen LogP contribution in [0.5, 0.6) is 0 Å². The molecule has 0 heterocycles. The molecular weight excluding hydrogens is 304 g/mol. The Kier molecular flexibility index (Phi) is 8.99. The highest BCUT2D eigenvalue weighted by molar-refractivity contribution is 6.86. The van der Waals surface area contributed by atoms with Crippen molar-refractivity contribution < 1.29 is 12.7 Å². The molecule has 0 fully saturated rings. The van der Waals surface area contributed by atoms with Crippen LogP contribution in [-0.4, -0.2) is 45.1 Å². The SMILES string of the molecule is C[Si](C)(CCCN)O[Si](C)(C)O[Si](C)(C)OCCCN. The van der Waals surface area contributed by atoms with Crippen LogP contribution in [0.2, 0.25) is 45.3 Å². The summed E-state index contributed by atoms with van der Waals surface area (Å²) in [5.41, 5.74) is 11.1. The van der Waals surface area contributed by atoms with E-state index in [-0.39, 0.29) is 0 Å². The van der Waals surface area contributed by atoms with E-state index in [9.17, 15) is 0 Å². The van der Waals surface area contributed by atoms with Crippen LogP contribution in [-0.2, 0) is 12.7 Å². The van der Waals surface area contributed by atoms with Gasteiger partial charge in [0.05, 0.1) is 0 Å². The number of hydrogen-bond acceptors (Lipinski definition) is 5. The van der Waals surface area contributed by atoms with Crippen LogP contribution >= 0.6 is 0 Å². The average Bonchev–Trinajstić information content (AvgIpc) is 2.23. The zero-order valence-electron chi connectivity index (χ0n) is 14.1. The monoisotopic (exact) mass is 338 g/mol. The van der Waals surface area contributed by atoms with Crippen molar-refractivity contribution in [3.05, 3.63) is 0 Å². The highest BCUT2D eigenvalue weighted by atomic mass is 28.5. The highest BCUT2D eigenvalue weighted by Gasteiger charge is 2.40. The Morgan fingerprint density at radius 2 is 1.30 bits per heavy atom. The van der Waals surface area contributed by atoms with Crippen molar-refractivity contribution in [1.29, 1.82) is 0 Å². The van der Waals surface area contributed by atoms with Gasteiger partial charge in [-0.3, -0.25) is 0 Å². The zero-order chi connectivity index (χ0) is 15.9. The Morgan fingerprint density at radius 3 is 1.80 bits per heavy atom. The smallest absolute Gasteiger partial charge is 0.322 e. The van der Waals surface area contributed by atoms with Crippen molar-refractivity contribution >= 4 is 25.4 Å². The summed E-state index contributed by atoms with van der Waals surface area (Å²) in [6.07, 6.45) is 1.90. The summed E-state index contributed by atoms with van der Waals surface area (Å²) in [6, 6.07) is 1.08. The lowest BCUT2D eigenvalue weighted by atomic mass is 10.5. The molecule has 0 atom stereocenters. The number of rotatable bonds is 11. The lowest BCUT2D eigenvalue weighted by Crippen LogP contribution is -2.53. The Labute approximate surface area is 128 Å². The zero-order valence-corrected chi connectivity index (χ0v) is 17.1. The summed E-state index contributed by atoms with van der Waals surface area (Å²) >= 11 is 0. The molecule has 122 valence electrons. The van der Waals surface area contributed by atoms with Crippen molar-refractivity contribution in [2.75, 3.05) is 19.7 Å². The van der Waals surface area contributed by atoms with Gasteiger partial charge in [-0.15, -0.1) is 0 Å². The van der Waals surface area contributed by atoms with E-state index in [2.05, 4.69) is 39.3 Å². The maximum absolute atomic E-state index is 6.40. The minimum Gasteiger partial charge on any atom is -0.436 e. The van der Waals surface area contributed by atoms with E-state index in [4.69, 9.17) is 24.1 Å². The van der Waals surface area contributed by atoms with Crippen LogP contribution in [0.15, 0.2) is 0 Å². The normalized spacial score (nSPS) is 13.8. The molecule has 0 bridgehead atoms. The molecule has 8 heteroatoms. The molecule has 0 rings (SSSR count). The van der Waals surface area contributed by atoms with E-state index in [1.54, 1.807) is 0 Å². The second kappa shape index (κ2) is 8.79. The molecule has 0 aliphatic carbocycles. The number of hydrogen-bond donors (Lipinski definition) is 2. The van der Waals surface area contributed by atoms with E-state index < -0.39 is 25.4 Å². The summed E-state index contributed by atoms with van der Waals surface area (Å²) in [5.74, 6) is 0. The topological polar surface area (TPSA) is 79.7 Å². The Bertz CT molecular complexity index is 277. The third kappa shape index (κ3) is 10.2. The Hall–Kier alpha value is 0.451. The molecule has 0 saturated heterocycles. The maximum atomic E-state index is 6.40. The molecule has 0 saturated carbocycles. The van der Waals surface area contributed by atoms with Gasteiger partial charge in [0.15, 0.2) is 8.32 Å². The van der Waals surface area contributed by atoms with E-state index in [0.29, 0.717) is 13.2 Å². The van der Waals surface area contributed by atoms with E-state index in [1.807, 2.05) is 0 Å². The summed E-state index contributed by atoms with van der Waals surface area (Å²) < 4.78 is 18.6. The molecule has 0 spiro atoms. The molecule has 4 N–H and O–H groups in total. The van der Waals surface area contributed by atoms with Gasteiger partial charge < -0.3 is 24.1 Å². The van der Waals surface area contributed by atoms with Crippen LogP contribution in [0.4, 0.5) is 0 Å². The predicted octanol–water partition coefficient (Wildman–Crippen LogP) is 2.34. The van der Waals surface area contributed by atoms with Crippen molar-refractivity contribution in [1.82, 2.24) is 0 Å². The molecule has 0 aliphatic rings. The minimum absolute atomic E-state index is 0.654. The maximum Gasteiger partial charge on any atom is 0.322 e. The highest BCUT2D eigenvalue weighted by Crippen LogP contribution is 2.24. The second-order valence-electron chi connectivity index (χ2n) is 6.65. The standard InChI is InChI=1S/C12H34N2O3Si3/c1-18(2,12-8-10-14)16-20(5,6)17-19(3,4)15-11-7-9-13/h7-14H2,1-6H3. The van der Waals surface area contributed by atoms with E-state index in [1.165, 1.54) is 0 Å². The van der Waals surface area contributed by atoms with Crippen molar-refractivity contribution in [3.63, 3.8) is 0 Å². The van der Waals surface area contributed by atoms with Gasteiger partial charge in [-0.05, 0) is 71.3 Å². The van der Waals surface area contributed by atoms with Gasteiger partial charge in [-0.2, -0.15) is 0 Å². The average molecular weight is 339 g/mol. The number of nitrogens with two attached hydrogens (primary N) is 2. The van der Waals surface area contributed by atoms with Gasteiger partial charge in [0.2, 0.25) is 0 Å². The first-order chi connectivity index (χ1) is 9.04. The van der Waals surface area contributed by atoms with Crippen LogP contribution in [0, 0.1) is 0 Å². The molecule has 0 unspecified atom stereocenters. The third-order valence-electron chi connectivity index (χ3n) is 2.79. The first-order valence-corrected chi connectivity index (χ1v) is 16.2.